The van der Waals surface area contributed by atoms with Crippen molar-refractivity contribution >= 4 is 11.9 Å². The standard InChI is InChI=1S/C19H26N2O5/c1-11-13(17(24)21(5)16(11)23)15(22)14(12-9-7-6-8-10-12)20-18(25)26-19(2,3)4/h6-7,9,14,23-24H,8,10H2,1-5H3,(H,20,25). The van der Waals surface area contributed by atoms with E-state index >= 15 is 0 Å². The van der Waals surface area contributed by atoms with E-state index in [1.165, 1.54) is 7.05 Å². The maximum absolute atomic E-state index is 13.1. The van der Waals surface area contributed by atoms with Crippen LogP contribution in [-0.2, 0) is 11.8 Å². The van der Waals surface area contributed by atoms with Gasteiger partial charge in [-0.05, 0) is 46.1 Å². The van der Waals surface area contributed by atoms with Gasteiger partial charge in [0.1, 0.15) is 11.6 Å². The Labute approximate surface area is 153 Å². The van der Waals surface area contributed by atoms with Gasteiger partial charge in [0.05, 0.1) is 5.56 Å². The molecule has 0 spiro atoms. The first-order valence-corrected chi connectivity index (χ1v) is 8.49. The second-order valence-corrected chi connectivity index (χ2v) is 7.36. The first-order chi connectivity index (χ1) is 12.0. The summed E-state index contributed by atoms with van der Waals surface area (Å²) in [6.07, 6.45) is 6.20. The number of hydrogen-bond acceptors (Lipinski definition) is 5. The van der Waals surface area contributed by atoms with E-state index in [0.29, 0.717) is 12.0 Å². The fourth-order valence-corrected chi connectivity index (χ4v) is 2.85. The fourth-order valence-electron chi connectivity index (χ4n) is 2.85. The van der Waals surface area contributed by atoms with Crippen LogP contribution in [0.4, 0.5) is 4.79 Å². The van der Waals surface area contributed by atoms with Crippen LogP contribution in [0.5, 0.6) is 11.8 Å². The molecule has 7 nitrogen and oxygen atoms in total. The monoisotopic (exact) mass is 362 g/mol. The Bertz CT molecular complexity index is 755. The summed E-state index contributed by atoms with van der Waals surface area (Å²) in [5, 5.41) is 22.8. The number of nitrogens with one attached hydrogen (secondary N) is 1. The molecule has 0 fully saturated rings. The van der Waals surface area contributed by atoms with Crippen LogP contribution >= 0.6 is 0 Å². The molecule has 0 bridgehead atoms. The van der Waals surface area contributed by atoms with Crippen molar-refractivity contribution in [2.24, 2.45) is 7.05 Å². The smallest absolute Gasteiger partial charge is 0.408 e. The van der Waals surface area contributed by atoms with Crippen molar-refractivity contribution in [1.82, 2.24) is 9.88 Å². The Balaban J connectivity index is 2.39. The van der Waals surface area contributed by atoms with Crippen LogP contribution in [0.3, 0.4) is 0 Å². The molecular formula is C19H26N2O5. The van der Waals surface area contributed by atoms with Gasteiger partial charge in [-0.1, -0.05) is 18.2 Å². The highest BCUT2D eigenvalue weighted by Crippen LogP contribution is 2.34. The summed E-state index contributed by atoms with van der Waals surface area (Å²) in [6.45, 7) is 6.74. The Kier molecular flexibility index (Phi) is 5.49. The van der Waals surface area contributed by atoms with Gasteiger partial charge in [0, 0.05) is 12.6 Å². The van der Waals surface area contributed by atoms with Gasteiger partial charge >= 0.3 is 6.09 Å². The van der Waals surface area contributed by atoms with Crippen LogP contribution in [0.2, 0.25) is 0 Å². The van der Waals surface area contributed by atoms with Gasteiger partial charge in [-0.25, -0.2) is 4.79 Å². The molecule has 142 valence electrons. The van der Waals surface area contributed by atoms with Crippen molar-refractivity contribution in [3.63, 3.8) is 0 Å². The molecule has 0 aliphatic heterocycles. The Morgan fingerprint density at radius 2 is 1.92 bits per heavy atom. The molecule has 0 saturated heterocycles. The number of ether oxygens (including phenoxy) is 1. The van der Waals surface area contributed by atoms with Crippen molar-refractivity contribution in [2.45, 2.75) is 52.2 Å². The van der Waals surface area contributed by atoms with E-state index in [2.05, 4.69) is 5.32 Å². The van der Waals surface area contributed by atoms with E-state index in [-0.39, 0.29) is 22.9 Å². The molecule has 1 unspecified atom stereocenters. The van der Waals surface area contributed by atoms with Gasteiger partial charge < -0.3 is 20.3 Å². The molecule has 1 heterocycles. The second kappa shape index (κ2) is 7.27. The molecule has 7 heteroatoms. The molecule has 1 atom stereocenters. The van der Waals surface area contributed by atoms with Gasteiger partial charge in [0.2, 0.25) is 5.88 Å². The zero-order valence-electron chi connectivity index (χ0n) is 15.8. The average molecular weight is 362 g/mol. The molecule has 1 aromatic heterocycles. The van der Waals surface area contributed by atoms with E-state index in [4.69, 9.17) is 4.74 Å². The normalized spacial score (nSPS) is 15.3. The summed E-state index contributed by atoms with van der Waals surface area (Å²) in [5.74, 6) is -1.03. The second-order valence-electron chi connectivity index (χ2n) is 7.36. The number of nitrogens with zero attached hydrogens (tertiary/aromatic N) is 1. The lowest BCUT2D eigenvalue weighted by molar-refractivity contribution is 0.0499. The molecular weight excluding hydrogens is 336 g/mol. The number of ketones is 1. The van der Waals surface area contributed by atoms with Gasteiger partial charge in [0.15, 0.2) is 11.7 Å². The first kappa shape index (κ1) is 19.6. The van der Waals surface area contributed by atoms with E-state index in [9.17, 15) is 19.8 Å². The number of aromatic nitrogens is 1. The predicted molar refractivity (Wildman–Crippen MR) is 97.4 cm³/mol. The third-order valence-electron chi connectivity index (χ3n) is 4.16. The minimum atomic E-state index is -0.985. The Hall–Kier alpha value is -2.70. The van der Waals surface area contributed by atoms with Crippen LogP contribution in [0.25, 0.3) is 0 Å². The van der Waals surface area contributed by atoms with E-state index in [1.807, 2.05) is 12.2 Å². The third-order valence-corrected chi connectivity index (χ3v) is 4.16. The van der Waals surface area contributed by atoms with Crippen molar-refractivity contribution in [2.75, 3.05) is 0 Å². The number of allylic oxidation sites excluding steroid dienone is 3. The molecule has 1 aromatic rings. The highest BCUT2D eigenvalue weighted by Gasteiger charge is 2.33. The summed E-state index contributed by atoms with van der Waals surface area (Å²) in [4.78, 5) is 25.4. The van der Waals surface area contributed by atoms with Crippen molar-refractivity contribution in [3.05, 3.63) is 34.9 Å². The number of aromatic hydroxyl groups is 2. The van der Waals surface area contributed by atoms with Gasteiger partial charge in [-0.3, -0.25) is 9.36 Å². The number of carbonyl (C=O) groups excluding carboxylic acids is 2. The minimum Gasteiger partial charge on any atom is -0.494 e. The van der Waals surface area contributed by atoms with Gasteiger partial charge in [-0.2, -0.15) is 0 Å². The maximum Gasteiger partial charge on any atom is 0.408 e. The van der Waals surface area contributed by atoms with Crippen LogP contribution in [0.1, 0.15) is 49.5 Å². The maximum atomic E-state index is 13.1. The highest BCUT2D eigenvalue weighted by molar-refractivity contribution is 6.07. The number of carbonyl (C=O) groups is 2. The lowest BCUT2D eigenvalue weighted by Gasteiger charge is -2.25. The summed E-state index contributed by atoms with van der Waals surface area (Å²) in [6, 6.07) is -0.985. The number of alkyl carbamates (subject to hydrolysis) is 1. The predicted octanol–water partition coefficient (Wildman–Crippen LogP) is 3.10. The first-order valence-electron chi connectivity index (χ1n) is 8.49. The SMILES string of the molecule is Cc1c(C(=O)C(NC(=O)OC(C)(C)C)C2=CC=CCC2)c(O)n(C)c1O. The van der Waals surface area contributed by atoms with Crippen molar-refractivity contribution in [1.29, 1.82) is 0 Å². The zero-order valence-corrected chi connectivity index (χ0v) is 15.8. The molecule has 1 amide bonds. The summed E-state index contributed by atoms with van der Waals surface area (Å²) < 4.78 is 6.40. The quantitative estimate of drug-likeness (QED) is 0.715. The lowest BCUT2D eigenvalue weighted by Crippen LogP contribution is -2.45. The molecule has 0 radical (unpaired) electrons. The number of amides is 1. The van der Waals surface area contributed by atoms with E-state index in [0.717, 1.165) is 11.0 Å². The highest BCUT2D eigenvalue weighted by atomic mass is 16.6. The molecule has 0 aromatic carbocycles. The number of hydrogen-bond donors (Lipinski definition) is 3. The molecule has 0 saturated carbocycles. The molecule has 1 aliphatic carbocycles. The Morgan fingerprint density at radius 3 is 2.38 bits per heavy atom. The summed E-state index contributed by atoms with van der Waals surface area (Å²) in [7, 11) is 1.45. The van der Waals surface area contributed by atoms with Gasteiger partial charge in [-0.15, -0.1) is 0 Å². The molecule has 2 rings (SSSR count). The van der Waals surface area contributed by atoms with Crippen LogP contribution < -0.4 is 5.32 Å². The average Bonchev–Trinajstić information content (AvgIpc) is 2.75. The molecule has 3 N–H and O–H groups in total. The van der Waals surface area contributed by atoms with E-state index < -0.39 is 23.5 Å². The number of Topliss-reactive ketones (excluding diaryl/α,β-unsaturated/α-hetero) is 1. The van der Waals surface area contributed by atoms with Crippen LogP contribution in [0.15, 0.2) is 23.8 Å². The van der Waals surface area contributed by atoms with Crippen molar-refractivity contribution in [3.8, 4) is 11.8 Å². The summed E-state index contributed by atoms with van der Waals surface area (Å²) >= 11 is 0. The zero-order chi connectivity index (χ0) is 19.6. The van der Waals surface area contributed by atoms with Crippen LogP contribution in [-0.4, -0.2) is 38.3 Å². The minimum absolute atomic E-state index is 0.0125. The third kappa shape index (κ3) is 4.09. The van der Waals surface area contributed by atoms with Crippen molar-refractivity contribution < 1.29 is 24.5 Å². The van der Waals surface area contributed by atoms with E-state index in [1.54, 1.807) is 33.8 Å². The molecule has 1 aliphatic rings. The number of rotatable bonds is 4. The van der Waals surface area contributed by atoms with Gasteiger partial charge in [0.25, 0.3) is 0 Å². The summed E-state index contributed by atoms with van der Waals surface area (Å²) in [5.41, 5.74) is 0.256. The molecule has 26 heavy (non-hydrogen) atoms. The van der Waals surface area contributed by atoms with Crippen LogP contribution in [0, 0.1) is 6.92 Å². The lowest BCUT2D eigenvalue weighted by atomic mass is 9.91. The Morgan fingerprint density at radius 1 is 1.27 bits per heavy atom. The fraction of sp³-hybridized carbons (Fsp3) is 0.474. The largest absolute Gasteiger partial charge is 0.494 e. The topological polar surface area (TPSA) is 101 Å².